The largest absolute Gasteiger partial charge is 0.310 e. The summed E-state index contributed by atoms with van der Waals surface area (Å²) in [6.45, 7) is 4.74. The molecule has 0 N–H and O–H groups in total. The lowest BCUT2D eigenvalue weighted by molar-refractivity contribution is 0.632. The molecule has 1 aliphatic heterocycles. The Morgan fingerprint density at radius 3 is 1.68 bits per heavy atom. The Morgan fingerprint density at radius 1 is 0.356 bits per heavy atom. The topological polar surface area (TPSA) is 6.48 Å². The van der Waals surface area contributed by atoms with Gasteiger partial charge in [0.1, 0.15) is 0 Å². The van der Waals surface area contributed by atoms with Crippen LogP contribution in [0.4, 0.5) is 34.1 Å². The van der Waals surface area contributed by atoms with Gasteiger partial charge in [-0.25, -0.2) is 0 Å². The van der Waals surface area contributed by atoms with Crippen LogP contribution >= 0.6 is 0 Å². The zero-order valence-corrected chi connectivity index (χ0v) is 33.2. The van der Waals surface area contributed by atoms with E-state index in [1.807, 2.05) is 0 Å². The highest BCUT2D eigenvalue weighted by molar-refractivity contribution is 6.08. The van der Waals surface area contributed by atoms with E-state index < -0.39 is 0 Å². The summed E-state index contributed by atoms with van der Waals surface area (Å²) >= 11 is 0. The van der Waals surface area contributed by atoms with Crippen LogP contribution in [0.3, 0.4) is 0 Å². The van der Waals surface area contributed by atoms with E-state index in [1.165, 1.54) is 82.8 Å². The monoisotopic (exact) mass is 754 g/mol. The molecule has 0 spiro atoms. The summed E-state index contributed by atoms with van der Waals surface area (Å²) < 4.78 is 0. The van der Waals surface area contributed by atoms with Gasteiger partial charge in [-0.15, -0.1) is 0 Å². The number of nitrogens with zero attached hydrogens (tertiary/aromatic N) is 2. The van der Waals surface area contributed by atoms with Crippen molar-refractivity contribution in [2.75, 3.05) is 9.80 Å². The summed E-state index contributed by atoms with van der Waals surface area (Å²) in [5.74, 6) is 0. The minimum atomic E-state index is -0.214. The lowest BCUT2D eigenvalue weighted by atomic mass is 9.73. The molecule has 1 heterocycles. The number of rotatable bonds is 6. The Bertz CT molecular complexity index is 3200. The van der Waals surface area contributed by atoms with Crippen LogP contribution in [0.2, 0.25) is 0 Å². The molecular formula is C57H42N2. The minimum Gasteiger partial charge on any atom is -0.310 e. The molecule has 0 fully saturated rings. The van der Waals surface area contributed by atoms with Gasteiger partial charge in [-0.3, -0.25) is 0 Å². The molecule has 0 unspecified atom stereocenters. The Labute approximate surface area is 345 Å². The molecule has 0 atom stereocenters. The van der Waals surface area contributed by atoms with E-state index in [-0.39, 0.29) is 5.41 Å². The molecule has 1 aliphatic rings. The first-order valence-corrected chi connectivity index (χ1v) is 20.5. The highest BCUT2D eigenvalue weighted by atomic mass is 15.2. The first-order valence-electron chi connectivity index (χ1n) is 20.5. The fourth-order valence-electron chi connectivity index (χ4n) is 9.37. The van der Waals surface area contributed by atoms with Crippen molar-refractivity contribution in [1.82, 2.24) is 0 Å². The van der Waals surface area contributed by atoms with Crippen molar-refractivity contribution in [3.8, 4) is 22.3 Å². The van der Waals surface area contributed by atoms with Gasteiger partial charge in [0, 0.05) is 33.4 Å². The Kier molecular flexibility index (Phi) is 8.20. The zero-order valence-electron chi connectivity index (χ0n) is 33.2. The summed E-state index contributed by atoms with van der Waals surface area (Å²) in [4.78, 5) is 4.90. The third kappa shape index (κ3) is 5.87. The fraction of sp³-hybridized carbons (Fsp3) is 0.0526. The highest BCUT2D eigenvalue weighted by Gasteiger charge is 2.38. The van der Waals surface area contributed by atoms with Gasteiger partial charge >= 0.3 is 0 Å². The molecule has 2 heteroatoms. The van der Waals surface area contributed by atoms with Crippen LogP contribution < -0.4 is 9.80 Å². The normalized spacial score (nSPS) is 13.0. The second-order valence-corrected chi connectivity index (χ2v) is 16.2. The Morgan fingerprint density at radius 2 is 0.898 bits per heavy atom. The van der Waals surface area contributed by atoms with Crippen LogP contribution in [0.5, 0.6) is 0 Å². The standard InChI is InChI=1S/C57H42N2/c1-57(2)52-22-12-13-23-54(52)59(56-50-21-11-10-16-42(50)29-34-51(56)46-25-24-39-14-6-8-17-43(39)36-46)55-38-45(30-35-53(55)57)41-26-31-48(32-27-41)58(47-19-4-3-5-20-47)49-33-28-40-15-7-9-18-44(40)37-49/h3-38H,1-2H3. The molecule has 59 heavy (non-hydrogen) atoms. The van der Waals surface area contributed by atoms with Crippen molar-refractivity contribution in [2.24, 2.45) is 0 Å². The average Bonchev–Trinajstić information content (AvgIpc) is 3.29. The SMILES string of the molecule is CC1(C)c2ccccc2N(c2c(-c3ccc4ccccc4c3)ccc3ccccc23)c2cc(-c3ccc(N(c4ccccc4)c4ccc5ccccc5c4)cc3)ccc21. The van der Waals surface area contributed by atoms with Crippen molar-refractivity contribution in [2.45, 2.75) is 19.3 Å². The van der Waals surface area contributed by atoms with Crippen LogP contribution in [-0.4, -0.2) is 0 Å². The van der Waals surface area contributed by atoms with E-state index in [0.717, 1.165) is 17.1 Å². The second-order valence-electron chi connectivity index (χ2n) is 16.2. The minimum absolute atomic E-state index is 0.214. The van der Waals surface area contributed by atoms with Crippen molar-refractivity contribution < 1.29 is 0 Å². The van der Waals surface area contributed by atoms with Crippen LogP contribution in [0, 0.1) is 0 Å². The van der Waals surface area contributed by atoms with Crippen molar-refractivity contribution in [3.05, 3.63) is 230 Å². The second kappa shape index (κ2) is 13.9. The van der Waals surface area contributed by atoms with Gasteiger partial charge in [-0.05, 0) is 109 Å². The van der Waals surface area contributed by atoms with Gasteiger partial charge in [0.25, 0.3) is 0 Å². The Balaban J connectivity index is 1.08. The van der Waals surface area contributed by atoms with Crippen molar-refractivity contribution in [1.29, 1.82) is 0 Å². The lowest BCUT2D eigenvalue weighted by Gasteiger charge is -2.43. The molecule has 10 aromatic rings. The van der Waals surface area contributed by atoms with E-state index in [0.29, 0.717) is 0 Å². The maximum atomic E-state index is 2.55. The van der Waals surface area contributed by atoms with E-state index >= 15 is 0 Å². The predicted molar refractivity (Wildman–Crippen MR) is 251 cm³/mol. The van der Waals surface area contributed by atoms with Crippen LogP contribution in [0.25, 0.3) is 54.6 Å². The van der Waals surface area contributed by atoms with Crippen molar-refractivity contribution >= 4 is 66.4 Å². The van der Waals surface area contributed by atoms with Gasteiger partial charge in [0.05, 0.1) is 17.1 Å². The maximum absolute atomic E-state index is 2.55. The predicted octanol–water partition coefficient (Wildman–Crippen LogP) is 16.1. The van der Waals surface area contributed by atoms with Gasteiger partial charge in [0.2, 0.25) is 0 Å². The van der Waals surface area contributed by atoms with Crippen LogP contribution in [0.1, 0.15) is 25.0 Å². The average molecular weight is 755 g/mol. The highest BCUT2D eigenvalue weighted by Crippen LogP contribution is 2.55. The lowest BCUT2D eigenvalue weighted by Crippen LogP contribution is -2.31. The molecule has 0 saturated carbocycles. The first kappa shape index (κ1) is 34.8. The maximum Gasteiger partial charge on any atom is 0.0618 e. The summed E-state index contributed by atoms with van der Waals surface area (Å²) in [6, 6.07) is 80.1. The molecule has 0 aliphatic carbocycles. The van der Waals surface area contributed by atoms with E-state index in [2.05, 4.69) is 242 Å². The van der Waals surface area contributed by atoms with Crippen LogP contribution in [-0.2, 0) is 5.41 Å². The zero-order chi connectivity index (χ0) is 39.5. The number of hydrogen-bond acceptors (Lipinski definition) is 2. The molecule has 0 radical (unpaired) electrons. The quantitative estimate of drug-likeness (QED) is 0.167. The first-order chi connectivity index (χ1) is 29.0. The fourth-order valence-corrected chi connectivity index (χ4v) is 9.37. The van der Waals surface area contributed by atoms with Gasteiger partial charge in [0.15, 0.2) is 0 Å². The summed E-state index contributed by atoms with van der Waals surface area (Å²) in [5.41, 5.74) is 14.2. The molecule has 10 aromatic carbocycles. The molecule has 0 aromatic heterocycles. The smallest absolute Gasteiger partial charge is 0.0618 e. The van der Waals surface area contributed by atoms with Crippen molar-refractivity contribution in [3.63, 3.8) is 0 Å². The molecule has 0 amide bonds. The third-order valence-electron chi connectivity index (χ3n) is 12.4. The number of para-hydroxylation sites is 2. The van der Waals surface area contributed by atoms with Gasteiger partial charge in [-0.1, -0.05) is 178 Å². The van der Waals surface area contributed by atoms with E-state index in [4.69, 9.17) is 0 Å². The molecule has 0 saturated heterocycles. The Hall–Kier alpha value is -7.42. The summed E-state index contributed by atoms with van der Waals surface area (Å²) in [6.07, 6.45) is 0. The molecule has 11 rings (SSSR count). The molecule has 2 nitrogen and oxygen atoms in total. The number of anilines is 6. The number of fused-ring (bicyclic) bond motifs is 5. The number of benzene rings is 10. The van der Waals surface area contributed by atoms with Gasteiger partial charge in [-0.2, -0.15) is 0 Å². The summed E-state index contributed by atoms with van der Waals surface area (Å²) in [7, 11) is 0. The molecular weight excluding hydrogens is 713 g/mol. The molecule has 280 valence electrons. The number of hydrogen-bond donors (Lipinski definition) is 0. The van der Waals surface area contributed by atoms with Gasteiger partial charge < -0.3 is 9.80 Å². The van der Waals surface area contributed by atoms with E-state index in [1.54, 1.807) is 0 Å². The van der Waals surface area contributed by atoms with E-state index in [9.17, 15) is 0 Å². The third-order valence-corrected chi connectivity index (χ3v) is 12.4. The summed E-state index contributed by atoms with van der Waals surface area (Å²) in [5, 5.41) is 7.39. The molecule has 0 bridgehead atoms. The van der Waals surface area contributed by atoms with Crippen LogP contribution in [0.15, 0.2) is 218 Å².